The molecular formula is C13H28N2O4. The van der Waals surface area contributed by atoms with Gasteiger partial charge in [-0.25, -0.2) is 0 Å². The van der Waals surface area contributed by atoms with Crippen LogP contribution in [0.25, 0.3) is 0 Å². The second-order valence-electron chi connectivity index (χ2n) is 3.57. The van der Waals surface area contributed by atoms with E-state index in [1.165, 1.54) is 5.34 Å². The average Bonchev–Trinajstić information content (AvgIpc) is 2.41. The summed E-state index contributed by atoms with van der Waals surface area (Å²) >= 11 is 0. The number of nitrogens with zero attached hydrogens (tertiary/aromatic N) is 2. The van der Waals surface area contributed by atoms with Crippen molar-refractivity contribution in [3.05, 3.63) is 12.3 Å². The number of hydroxylamine groups is 1. The van der Waals surface area contributed by atoms with Crippen molar-refractivity contribution in [1.29, 1.82) is 0 Å². The van der Waals surface area contributed by atoms with Gasteiger partial charge in [0.25, 0.3) is 0 Å². The van der Waals surface area contributed by atoms with Crippen molar-refractivity contribution in [1.82, 2.24) is 10.5 Å². The third-order valence-corrected chi connectivity index (χ3v) is 1.98. The Kier molecular flexibility index (Phi) is 13.3. The molecule has 0 aromatic carbocycles. The molecule has 0 aromatic rings. The maximum Gasteiger partial charge on any atom is 0.0886 e. The number of ether oxygens (including phenoxy) is 1. The lowest BCUT2D eigenvalue weighted by atomic mass is 10.4. The van der Waals surface area contributed by atoms with Crippen molar-refractivity contribution >= 4 is 0 Å². The summed E-state index contributed by atoms with van der Waals surface area (Å²) in [5, 5.41) is 2.87. The summed E-state index contributed by atoms with van der Waals surface area (Å²) in [7, 11) is 0. The van der Waals surface area contributed by atoms with Crippen LogP contribution in [0.5, 0.6) is 0 Å². The molecule has 0 saturated carbocycles. The predicted molar refractivity (Wildman–Crippen MR) is 73.4 cm³/mol. The second kappa shape index (κ2) is 13.8. The third kappa shape index (κ3) is 9.86. The van der Waals surface area contributed by atoms with Crippen LogP contribution >= 0.6 is 0 Å². The molecule has 0 radical (unpaired) electrons. The normalized spacial score (nSPS) is 11.9. The van der Waals surface area contributed by atoms with E-state index in [2.05, 4.69) is 6.92 Å². The average molecular weight is 276 g/mol. The highest BCUT2D eigenvalue weighted by atomic mass is 17.0. The van der Waals surface area contributed by atoms with E-state index in [0.29, 0.717) is 33.0 Å². The maximum absolute atomic E-state index is 5.47. The zero-order valence-corrected chi connectivity index (χ0v) is 12.6. The Bertz CT molecular complexity index is 209. The Morgan fingerprint density at radius 1 is 0.895 bits per heavy atom. The summed E-state index contributed by atoms with van der Waals surface area (Å²) < 4.78 is 5.34. The molecule has 6 heteroatoms. The standard InChI is InChI=1S/C13H28N2O4/c1-5-9-12-16-13-10-11-14(17-6-2)15(18-7-3)19-8-4/h9,12H,5-8,10-11,13H2,1-4H3. The summed E-state index contributed by atoms with van der Waals surface area (Å²) in [4.78, 5) is 16.2. The van der Waals surface area contributed by atoms with E-state index in [0.717, 1.165) is 12.8 Å². The van der Waals surface area contributed by atoms with Crippen LogP contribution in [0.2, 0.25) is 0 Å². The Hall–Kier alpha value is -0.660. The van der Waals surface area contributed by atoms with Crippen LogP contribution in [0.3, 0.4) is 0 Å². The topological polar surface area (TPSA) is 43.4 Å². The largest absolute Gasteiger partial charge is 0.501 e. The lowest BCUT2D eigenvalue weighted by Crippen LogP contribution is -2.43. The number of hydrazine groups is 1. The molecule has 0 aliphatic heterocycles. The second-order valence-corrected chi connectivity index (χ2v) is 3.57. The van der Waals surface area contributed by atoms with E-state index in [-0.39, 0.29) is 0 Å². The Morgan fingerprint density at radius 3 is 2.05 bits per heavy atom. The molecule has 0 N–H and O–H groups in total. The first-order valence-corrected chi connectivity index (χ1v) is 7.02. The zero-order valence-electron chi connectivity index (χ0n) is 12.6. The minimum atomic E-state index is 0.513. The first kappa shape index (κ1) is 18.3. The molecule has 0 bridgehead atoms. The number of hydrogen-bond acceptors (Lipinski definition) is 6. The van der Waals surface area contributed by atoms with Crippen LogP contribution in [-0.2, 0) is 19.2 Å². The highest BCUT2D eigenvalue weighted by Gasteiger charge is 2.16. The highest BCUT2D eigenvalue weighted by Crippen LogP contribution is 2.04. The van der Waals surface area contributed by atoms with E-state index in [1.54, 1.807) is 11.4 Å². The number of rotatable bonds is 13. The summed E-state index contributed by atoms with van der Waals surface area (Å²) in [6, 6.07) is 0. The van der Waals surface area contributed by atoms with Crippen LogP contribution < -0.4 is 0 Å². The van der Waals surface area contributed by atoms with Gasteiger partial charge < -0.3 is 4.74 Å². The fraction of sp³-hybridized carbons (Fsp3) is 0.846. The minimum absolute atomic E-state index is 0.513. The van der Waals surface area contributed by atoms with Gasteiger partial charge in [-0.2, -0.15) is 0 Å². The smallest absolute Gasteiger partial charge is 0.0886 e. The van der Waals surface area contributed by atoms with Gasteiger partial charge in [-0.1, -0.05) is 18.2 Å². The van der Waals surface area contributed by atoms with Crippen molar-refractivity contribution < 1.29 is 19.2 Å². The molecule has 0 atom stereocenters. The van der Waals surface area contributed by atoms with Crippen LogP contribution in [-0.4, -0.2) is 43.5 Å². The predicted octanol–water partition coefficient (Wildman–Crippen LogP) is 2.69. The SMILES string of the molecule is CCC=COCCCN(OCC)N(OCC)OCC. The highest BCUT2D eigenvalue weighted by molar-refractivity contribution is 4.70. The first-order chi connectivity index (χ1) is 9.29. The van der Waals surface area contributed by atoms with Crippen molar-refractivity contribution in [3.63, 3.8) is 0 Å². The van der Waals surface area contributed by atoms with E-state index >= 15 is 0 Å². The molecule has 0 fully saturated rings. The van der Waals surface area contributed by atoms with Crippen LogP contribution in [0.15, 0.2) is 12.3 Å². The molecule has 0 rings (SSSR count). The molecule has 0 amide bonds. The minimum Gasteiger partial charge on any atom is -0.501 e. The summed E-state index contributed by atoms with van der Waals surface area (Å²) in [6.45, 7) is 10.6. The third-order valence-electron chi connectivity index (χ3n) is 1.98. The van der Waals surface area contributed by atoms with Crippen molar-refractivity contribution in [2.75, 3.05) is 33.0 Å². The Morgan fingerprint density at radius 2 is 1.53 bits per heavy atom. The van der Waals surface area contributed by atoms with E-state index in [9.17, 15) is 0 Å². The molecule has 0 aromatic heterocycles. The molecule has 0 saturated heterocycles. The fourth-order valence-electron chi connectivity index (χ4n) is 1.24. The van der Waals surface area contributed by atoms with Crippen LogP contribution in [0.1, 0.15) is 40.5 Å². The molecular weight excluding hydrogens is 248 g/mol. The Labute approximate surface area is 116 Å². The maximum atomic E-state index is 5.47. The van der Waals surface area contributed by atoms with Gasteiger partial charge in [0.1, 0.15) is 0 Å². The van der Waals surface area contributed by atoms with Gasteiger partial charge in [0.15, 0.2) is 0 Å². The lowest BCUT2D eigenvalue weighted by Gasteiger charge is -2.29. The monoisotopic (exact) mass is 276 g/mol. The van der Waals surface area contributed by atoms with Gasteiger partial charge in [0.2, 0.25) is 0 Å². The van der Waals surface area contributed by atoms with Crippen LogP contribution in [0, 0.1) is 0 Å². The van der Waals surface area contributed by atoms with Gasteiger partial charge in [-0.05, 0) is 33.6 Å². The molecule has 0 unspecified atom stereocenters. The molecule has 0 aliphatic carbocycles. The zero-order chi connectivity index (χ0) is 14.3. The van der Waals surface area contributed by atoms with E-state index in [4.69, 9.17) is 19.2 Å². The quantitative estimate of drug-likeness (QED) is 0.293. The molecule has 19 heavy (non-hydrogen) atoms. The summed E-state index contributed by atoms with van der Waals surface area (Å²) in [6.07, 6.45) is 5.50. The van der Waals surface area contributed by atoms with E-state index < -0.39 is 0 Å². The molecule has 0 heterocycles. The summed E-state index contributed by atoms with van der Waals surface area (Å²) in [5.74, 6) is 0. The van der Waals surface area contributed by atoms with Crippen molar-refractivity contribution in [2.45, 2.75) is 40.5 Å². The number of hydrogen-bond donors (Lipinski definition) is 0. The number of allylic oxidation sites excluding steroid dienone is 1. The van der Waals surface area contributed by atoms with Crippen molar-refractivity contribution in [2.24, 2.45) is 0 Å². The molecule has 0 aliphatic rings. The van der Waals surface area contributed by atoms with Crippen molar-refractivity contribution in [3.8, 4) is 0 Å². The lowest BCUT2D eigenvalue weighted by molar-refractivity contribution is -0.530. The van der Waals surface area contributed by atoms with Gasteiger partial charge in [-0.15, -0.1) is 0 Å². The Balaban J connectivity index is 4.02. The molecule has 6 nitrogen and oxygen atoms in total. The fourth-order valence-corrected chi connectivity index (χ4v) is 1.24. The molecule has 114 valence electrons. The summed E-state index contributed by atoms with van der Waals surface area (Å²) in [5.41, 5.74) is 0. The van der Waals surface area contributed by atoms with Gasteiger partial charge in [0, 0.05) is 11.9 Å². The van der Waals surface area contributed by atoms with Gasteiger partial charge in [-0.3, -0.25) is 14.5 Å². The van der Waals surface area contributed by atoms with Gasteiger partial charge >= 0.3 is 0 Å². The van der Waals surface area contributed by atoms with Gasteiger partial charge in [0.05, 0.1) is 32.7 Å². The van der Waals surface area contributed by atoms with E-state index in [1.807, 2.05) is 26.8 Å². The van der Waals surface area contributed by atoms with Crippen LogP contribution in [0.4, 0.5) is 0 Å². The molecule has 0 spiro atoms. The first-order valence-electron chi connectivity index (χ1n) is 7.02.